The first-order valence-corrected chi connectivity index (χ1v) is 15.8. The first-order valence-electron chi connectivity index (χ1n) is 9.10. The van der Waals surface area contributed by atoms with Crippen LogP contribution in [0.3, 0.4) is 0 Å². The fourth-order valence-electron chi connectivity index (χ4n) is 2.95. The first kappa shape index (κ1) is 23.4. The van der Waals surface area contributed by atoms with Crippen molar-refractivity contribution in [3.8, 4) is 0 Å². The van der Waals surface area contributed by atoms with Gasteiger partial charge in [-0.15, -0.1) is 33.2 Å². The highest BCUT2D eigenvalue weighted by atomic mass is 35.8. The predicted molar refractivity (Wildman–Crippen MR) is 114 cm³/mol. The molecule has 0 radical (unpaired) electrons. The zero-order valence-corrected chi connectivity index (χ0v) is 19.3. The largest absolute Gasteiger partial charge is 0.341 e. The average Bonchev–Trinajstić information content (AvgIpc) is 2.82. The Labute approximate surface area is 180 Å². The second kappa shape index (κ2) is 10.3. The molecule has 0 bridgehead atoms. The van der Waals surface area contributed by atoms with E-state index in [-0.39, 0.29) is 10.5 Å². The van der Waals surface area contributed by atoms with Gasteiger partial charge in [-0.1, -0.05) is 50.3 Å². The molecule has 0 saturated carbocycles. The number of rotatable bonds is 10. The third-order valence-electron chi connectivity index (χ3n) is 4.36. The Morgan fingerprint density at radius 3 is 2.25 bits per heavy atom. The summed E-state index contributed by atoms with van der Waals surface area (Å²) in [6.45, 7) is 0. The molecule has 0 N–H and O–H groups in total. The van der Waals surface area contributed by atoms with Crippen LogP contribution in [0.25, 0.3) is 0 Å². The molecule has 0 aromatic heterocycles. The van der Waals surface area contributed by atoms with Gasteiger partial charge in [0.25, 0.3) is 21.8 Å². The Bertz CT molecular complexity index is 853. The van der Waals surface area contributed by atoms with Crippen LogP contribution in [0.2, 0.25) is 6.04 Å². The molecule has 10 heteroatoms. The van der Waals surface area contributed by atoms with Crippen LogP contribution < -0.4 is 0 Å². The van der Waals surface area contributed by atoms with E-state index in [2.05, 4.69) is 0 Å². The van der Waals surface area contributed by atoms with Crippen molar-refractivity contribution in [1.29, 1.82) is 0 Å². The number of fused-ring (bicyclic) bond motifs is 1. The lowest BCUT2D eigenvalue weighted by Gasteiger charge is -2.10. The SMILES string of the molecule is O=C(C=CCCCCCCCC[Si](Cl)(Cl)Cl)N1C(=O)c2ccccc2S1(=O)=O. The Morgan fingerprint density at radius 2 is 1.61 bits per heavy atom. The fourth-order valence-corrected chi connectivity index (χ4v) is 6.30. The van der Waals surface area contributed by atoms with E-state index in [1.54, 1.807) is 12.1 Å². The van der Waals surface area contributed by atoms with Gasteiger partial charge in [-0.3, -0.25) is 9.59 Å². The van der Waals surface area contributed by atoms with Crippen LogP contribution in [0.5, 0.6) is 0 Å². The molecule has 0 aliphatic carbocycles. The van der Waals surface area contributed by atoms with Gasteiger partial charge < -0.3 is 0 Å². The highest BCUT2D eigenvalue weighted by Crippen LogP contribution is 2.30. The third-order valence-corrected chi connectivity index (χ3v) is 8.72. The minimum Gasteiger partial charge on any atom is -0.268 e. The van der Waals surface area contributed by atoms with Gasteiger partial charge in [-0.05, 0) is 31.0 Å². The van der Waals surface area contributed by atoms with Crippen LogP contribution in [0, 0.1) is 0 Å². The highest BCUT2D eigenvalue weighted by molar-refractivity contribution is 7.90. The second-order valence-corrected chi connectivity index (χ2v) is 17.6. The Balaban J connectivity index is 1.71. The fraction of sp³-hybridized carbons (Fsp3) is 0.444. The van der Waals surface area contributed by atoms with Gasteiger partial charge in [0.1, 0.15) is 4.90 Å². The van der Waals surface area contributed by atoms with Crippen LogP contribution in [0.1, 0.15) is 55.3 Å². The number of allylic oxidation sites excluding steroid dienone is 1. The Morgan fingerprint density at radius 1 is 1.00 bits per heavy atom. The molecule has 1 aromatic rings. The third kappa shape index (κ3) is 6.32. The number of nitrogens with zero attached hydrogens (tertiary/aromatic N) is 1. The molecule has 28 heavy (non-hydrogen) atoms. The van der Waals surface area contributed by atoms with Crippen LogP contribution in [0.4, 0.5) is 0 Å². The van der Waals surface area contributed by atoms with Gasteiger partial charge in [0.05, 0.1) is 5.56 Å². The summed E-state index contributed by atoms with van der Waals surface area (Å²) in [5.74, 6) is -1.64. The summed E-state index contributed by atoms with van der Waals surface area (Å²) >= 11 is 17.5. The van der Waals surface area contributed by atoms with Crippen molar-refractivity contribution >= 4 is 61.1 Å². The van der Waals surface area contributed by atoms with E-state index >= 15 is 0 Å². The number of halogens is 3. The number of imide groups is 1. The monoisotopic (exact) mass is 481 g/mol. The molecule has 5 nitrogen and oxygen atoms in total. The maximum absolute atomic E-state index is 12.4. The summed E-state index contributed by atoms with van der Waals surface area (Å²) in [5.41, 5.74) is 0.0293. The van der Waals surface area contributed by atoms with Crippen molar-refractivity contribution in [2.75, 3.05) is 0 Å². The number of hydrogen-bond acceptors (Lipinski definition) is 4. The maximum atomic E-state index is 12.4. The van der Waals surface area contributed by atoms with E-state index in [1.807, 2.05) is 0 Å². The minimum atomic E-state index is -4.11. The van der Waals surface area contributed by atoms with Crippen LogP contribution in [-0.2, 0) is 14.8 Å². The molecule has 2 rings (SSSR count). The summed E-state index contributed by atoms with van der Waals surface area (Å²) in [4.78, 5) is 24.4. The van der Waals surface area contributed by atoms with Gasteiger partial charge in [0, 0.05) is 6.08 Å². The number of carbonyl (C=O) groups is 2. The van der Waals surface area contributed by atoms with E-state index in [1.165, 1.54) is 18.2 Å². The zero-order valence-electron chi connectivity index (χ0n) is 15.2. The standard InChI is InChI=1S/C18H22Cl3NO4SSi/c19-28(20,21)14-10-6-4-2-1-3-5-7-13-17(23)22-18(24)15-11-8-9-12-16(15)27(22,25)26/h7-9,11-13H,1-6,10,14H2. The molecule has 0 spiro atoms. The predicted octanol–water partition coefficient (Wildman–Crippen LogP) is 5.30. The summed E-state index contributed by atoms with van der Waals surface area (Å²) < 4.78 is 25.1. The lowest BCUT2D eigenvalue weighted by atomic mass is 10.1. The van der Waals surface area contributed by atoms with Crippen molar-refractivity contribution < 1.29 is 18.0 Å². The molecular formula is C18H22Cl3NO4SSi. The van der Waals surface area contributed by atoms with Crippen LogP contribution in [-0.4, -0.2) is 30.5 Å². The van der Waals surface area contributed by atoms with Gasteiger partial charge in [0.2, 0.25) is 0 Å². The summed E-state index contributed by atoms with van der Waals surface area (Å²) in [7, 11) is -4.11. The lowest BCUT2D eigenvalue weighted by Crippen LogP contribution is -2.34. The van der Waals surface area contributed by atoms with E-state index < -0.39 is 27.8 Å². The summed E-state index contributed by atoms with van der Waals surface area (Å²) in [6, 6.07) is 4.01. The Hall–Kier alpha value is -0.863. The number of hydrogen-bond donors (Lipinski definition) is 0. The number of benzene rings is 1. The molecule has 154 valence electrons. The van der Waals surface area contributed by atoms with E-state index in [0.29, 0.717) is 16.8 Å². The minimum absolute atomic E-state index is 0.0293. The normalized spacial score (nSPS) is 16.0. The van der Waals surface area contributed by atoms with Crippen LogP contribution in [0.15, 0.2) is 41.3 Å². The summed E-state index contributed by atoms with van der Waals surface area (Å²) in [6.07, 6.45) is 9.37. The van der Waals surface area contributed by atoms with Gasteiger partial charge in [0.15, 0.2) is 0 Å². The lowest BCUT2D eigenvalue weighted by molar-refractivity contribution is -0.119. The van der Waals surface area contributed by atoms with E-state index in [9.17, 15) is 18.0 Å². The molecule has 0 atom stereocenters. The van der Waals surface area contributed by atoms with Crippen molar-refractivity contribution in [2.45, 2.75) is 55.9 Å². The molecule has 0 unspecified atom stereocenters. The molecule has 2 amide bonds. The van der Waals surface area contributed by atoms with Gasteiger partial charge in [-0.25, -0.2) is 8.42 Å². The Kier molecular flexibility index (Phi) is 8.57. The number of unbranched alkanes of at least 4 members (excludes halogenated alkanes) is 6. The molecule has 1 aliphatic heterocycles. The molecular weight excluding hydrogens is 461 g/mol. The molecule has 0 saturated heterocycles. The molecule has 1 aliphatic rings. The molecule has 1 aromatic carbocycles. The topological polar surface area (TPSA) is 71.5 Å². The second-order valence-electron chi connectivity index (χ2n) is 6.59. The van der Waals surface area contributed by atoms with E-state index in [4.69, 9.17) is 33.2 Å². The number of carbonyl (C=O) groups excluding carboxylic acids is 2. The smallest absolute Gasteiger partial charge is 0.268 e. The first-order chi connectivity index (χ1) is 13.1. The van der Waals surface area contributed by atoms with Crippen LogP contribution >= 0.6 is 33.2 Å². The quantitative estimate of drug-likeness (QED) is 0.196. The molecule has 1 heterocycles. The summed E-state index contributed by atoms with van der Waals surface area (Å²) in [5, 5.41) is 0. The highest BCUT2D eigenvalue weighted by Gasteiger charge is 2.44. The van der Waals surface area contributed by atoms with Crippen molar-refractivity contribution in [3.63, 3.8) is 0 Å². The average molecular weight is 483 g/mol. The van der Waals surface area contributed by atoms with Gasteiger partial charge >= 0.3 is 6.00 Å². The van der Waals surface area contributed by atoms with Crippen molar-refractivity contribution in [1.82, 2.24) is 4.31 Å². The number of amides is 2. The van der Waals surface area contributed by atoms with E-state index in [0.717, 1.165) is 44.6 Å². The van der Waals surface area contributed by atoms with Crippen molar-refractivity contribution in [2.24, 2.45) is 0 Å². The van der Waals surface area contributed by atoms with Gasteiger partial charge in [-0.2, -0.15) is 4.31 Å². The maximum Gasteiger partial charge on any atom is 0.341 e. The zero-order chi connectivity index (χ0) is 20.8. The molecule has 0 fully saturated rings. The van der Waals surface area contributed by atoms with Crippen molar-refractivity contribution in [3.05, 3.63) is 42.0 Å². The number of sulfonamides is 1.